The number of para-hydroxylation sites is 1. The van der Waals surface area contributed by atoms with Gasteiger partial charge in [-0.05, 0) is 48.6 Å². The van der Waals surface area contributed by atoms with Crippen molar-refractivity contribution in [2.45, 2.75) is 33.6 Å². The van der Waals surface area contributed by atoms with E-state index in [2.05, 4.69) is 18.4 Å². The van der Waals surface area contributed by atoms with Gasteiger partial charge in [0.25, 0.3) is 0 Å². The van der Waals surface area contributed by atoms with Crippen LogP contribution in [0.2, 0.25) is 0 Å². The molecular weight excluding hydrogens is 462 g/mol. The predicted octanol–water partition coefficient (Wildman–Crippen LogP) is 7.09. The summed E-state index contributed by atoms with van der Waals surface area (Å²) in [5.41, 5.74) is 4.69. The fourth-order valence-corrected chi connectivity index (χ4v) is 5.57. The van der Waals surface area contributed by atoms with E-state index in [1.54, 1.807) is 24.3 Å². The second-order valence-electron chi connectivity index (χ2n) is 10.6. The lowest BCUT2D eigenvalue weighted by Gasteiger charge is -2.30. The van der Waals surface area contributed by atoms with Crippen LogP contribution in [-0.4, -0.2) is 15.5 Å². The molecule has 0 bridgehead atoms. The third-order valence-corrected chi connectivity index (χ3v) is 7.21. The third kappa shape index (κ3) is 3.70. The van der Waals surface area contributed by atoms with Crippen LogP contribution < -0.4 is 5.63 Å². The van der Waals surface area contributed by atoms with Crippen LogP contribution in [0.15, 0.2) is 88.1 Å². The first-order valence-corrected chi connectivity index (χ1v) is 12.4. The molecule has 1 aliphatic rings. The average molecular weight is 490 g/mol. The fourth-order valence-electron chi connectivity index (χ4n) is 5.57. The van der Waals surface area contributed by atoms with E-state index in [4.69, 9.17) is 4.42 Å². The van der Waals surface area contributed by atoms with Gasteiger partial charge in [-0.2, -0.15) is 0 Å². The summed E-state index contributed by atoms with van der Waals surface area (Å²) in [5.74, 6) is -0.221. The summed E-state index contributed by atoms with van der Waals surface area (Å²) in [7, 11) is 0. The van der Waals surface area contributed by atoms with Gasteiger partial charge >= 0.3 is 5.63 Å². The number of hydrogen-bond donors (Lipinski definition) is 1. The Hall–Kier alpha value is -4.38. The zero-order chi connectivity index (χ0) is 25.9. The molecule has 2 heterocycles. The molecule has 5 nitrogen and oxygen atoms in total. The lowest BCUT2D eigenvalue weighted by molar-refractivity contribution is 0.0911. The van der Waals surface area contributed by atoms with Crippen molar-refractivity contribution < 1.29 is 14.3 Å². The van der Waals surface area contributed by atoms with Crippen LogP contribution in [0, 0.1) is 12.3 Å². The average Bonchev–Trinajstić information content (AvgIpc) is 3.19. The molecule has 3 aromatic carbocycles. The minimum absolute atomic E-state index is 0.0210. The van der Waals surface area contributed by atoms with Crippen LogP contribution in [0.25, 0.3) is 39.0 Å². The van der Waals surface area contributed by atoms with E-state index in [9.17, 15) is 14.7 Å². The molecule has 0 amide bonds. The summed E-state index contributed by atoms with van der Waals surface area (Å²) >= 11 is 0. The number of ketones is 1. The van der Waals surface area contributed by atoms with E-state index < -0.39 is 5.63 Å². The van der Waals surface area contributed by atoms with Gasteiger partial charge < -0.3 is 14.1 Å². The zero-order valence-electron chi connectivity index (χ0n) is 21.0. The number of aromatic hydroxyl groups is 1. The number of aryl methyl sites for hydroxylation is 1. The smallest absolute Gasteiger partial charge is 0.348 e. The third-order valence-electron chi connectivity index (χ3n) is 7.21. The van der Waals surface area contributed by atoms with Gasteiger partial charge in [0, 0.05) is 28.9 Å². The highest BCUT2D eigenvalue weighted by Gasteiger charge is 2.40. The largest absolute Gasteiger partial charge is 0.506 e. The monoisotopic (exact) mass is 489 g/mol. The van der Waals surface area contributed by atoms with Gasteiger partial charge in [-0.3, -0.25) is 4.79 Å². The molecule has 5 heteroatoms. The van der Waals surface area contributed by atoms with E-state index in [0.29, 0.717) is 40.6 Å². The Morgan fingerprint density at radius 3 is 2.22 bits per heavy atom. The minimum Gasteiger partial charge on any atom is -0.506 e. The van der Waals surface area contributed by atoms with Crippen molar-refractivity contribution in [2.24, 2.45) is 5.41 Å². The van der Waals surface area contributed by atoms with Gasteiger partial charge in [-0.1, -0.05) is 74.0 Å². The Labute approximate surface area is 214 Å². The number of carbonyl (C=O) groups is 1. The molecule has 0 radical (unpaired) electrons. The first-order chi connectivity index (χ1) is 17.7. The second kappa shape index (κ2) is 8.34. The molecule has 0 spiro atoms. The van der Waals surface area contributed by atoms with Crippen molar-refractivity contribution in [3.63, 3.8) is 0 Å². The molecule has 37 heavy (non-hydrogen) atoms. The SMILES string of the molecule is Cc1ccc(-n2c3c(c(-c4c(O)c5ccccc5oc4=O)c2-c2ccccc2)C(=O)CC(C)(C)C3)cc1. The van der Waals surface area contributed by atoms with Crippen molar-refractivity contribution in [1.82, 2.24) is 4.57 Å². The van der Waals surface area contributed by atoms with Crippen LogP contribution in [0.1, 0.15) is 41.9 Å². The number of aromatic nitrogens is 1. The summed E-state index contributed by atoms with van der Waals surface area (Å²) in [6, 6.07) is 24.7. The summed E-state index contributed by atoms with van der Waals surface area (Å²) in [6.45, 7) is 6.21. The highest BCUT2D eigenvalue weighted by atomic mass is 16.4. The van der Waals surface area contributed by atoms with Crippen LogP contribution in [-0.2, 0) is 6.42 Å². The number of fused-ring (bicyclic) bond motifs is 2. The van der Waals surface area contributed by atoms with E-state index in [-0.39, 0.29) is 22.5 Å². The van der Waals surface area contributed by atoms with E-state index in [0.717, 1.165) is 22.5 Å². The maximum Gasteiger partial charge on any atom is 0.348 e. The van der Waals surface area contributed by atoms with Gasteiger partial charge in [0.1, 0.15) is 16.9 Å². The van der Waals surface area contributed by atoms with Gasteiger partial charge in [0.2, 0.25) is 0 Å². The summed E-state index contributed by atoms with van der Waals surface area (Å²) < 4.78 is 7.77. The molecule has 184 valence electrons. The molecule has 0 unspecified atom stereocenters. The number of nitrogens with zero attached hydrogens (tertiary/aromatic N) is 1. The van der Waals surface area contributed by atoms with Crippen molar-refractivity contribution in [1.29, 1.82) is 0 Å². The van der Waals surface area contributed by atoms with Crippen molar-refractivity contribution >= 4 is 16.8 Å². The molecule has 2 aromatic heterocycles. The van der Waals surface area contributed by atoms with E-state index >= 15 is 0 Å². The normalized spacial score (nSPS) is 14.6. The molecule has 5 aromatic rings. The number of rotatable bonds is 3. The number of carbonyl (C=O) groups excluding carboxylic acids is 1. The molecule has 0 atom stereocenters. The first-order valence-electron chi connectivity index (χ1n) is 12.4. The summed E-state index contributed by atoms with van der Waals surface area (Å²) in [6.07, 6.45) is 0.986. The zero-order valence-corrected chi connectivity index (χ0v) is 21.0. The van der Waals surface area contributed by atoms with Gasteiger partial charge in [-0.25, -0.2) is 4.79 Å². The maximum absolute atomic E-state index is 13.8. The topological polar surface area (TPSA) is 72.4 Å². The van der Waals surface area contributed by atoms with Crippen LogP contribution in [0.4, 0.5) is 0 Å². The molecule has 1 N–H and O–H groups in total. The van der Waals surface area contributed by atoms with Crippen LogP contribution in [0.5, 0.6) is 5.75 Å². The van der Waals surface area contributed by atoms with Crippen LogP contribution in [0.3, 0.4) is 0 Å². The Morgan fingerprint density at radius 1 is 0.811 bits per heavy atom. The van der Waals surface area contributed by atoms with Crippen LogP contribution >= 0.6 is 0 Å². The number of hydrogen-bond acceptors (Lipinski definition) is 4. The van der Waals surface area contributed by atoms with Gasteiger partial charge in [0.15, 0.2) is 5.78 Å². The lowest BCUT2D eigenvalue weighted by Crippen LogP contribution is -2.28. The molecular formula is C32H27NO4. The molecule has 1 aliphatic carbocycles. The Morgan fingerprint density at radius 2 is 1.49 bits per heavy atom. The highest BCUT2D eigenvalue weighted by molar-refractivity contribution is 6.10. The fraction of sp³-hybridized carbons (Fsp3) is 0.188. The minimum atomic E-state index is -0.671. The predicted molar refractivity (Wildman–Crippen MR) is 146 cm³/mol. The van der Waals surface area contributed by atoms with Crippen molar-refractivity contribution in [2.75, 3.05) is 0 Å². The summed E-state index contributed by atoms with van der Waals surface area (Å²) in [4.78, 5) is 27.3. The quantitative estimate of drug-likeness (QED) is 0.275. The molecule has 0 fully saturated rings. The van der Waals surface area contributed by atoms with E-state index in [1.807, 2.05) is 61.5 Å². The summed E-state index contributed by atoms with van der Waals surface area (Å²) in [5, 5.41) is 11.9. The maximum atomic E-state index is 13.8. The Bertz CT molecular complexity index is 1740. The van der Waals surface area contributed by atoms with Gasteiger partial charge in [0.05, 0.1) is 11.1 Å². The first kappa shape index (κ1) is 23.0. The Balaban J connectivity index is 1.82. The lowest BCUT2D eigenvalue weighted by atomic mass is 9.75. The number of Topliss-reactive ketones (excluding diaryl/α,β-unsaturated/α-hetero) is 1. The number of benzene rings is 3. The second-order valence-corrected chi connectivity index (χ2v) is 10.6. The van der Waals surface area contributed by atoms with Crippen molar-refractivity contribution in [3.8, 4) is 33.8 Å². The standard InChI is InChI=1S/C32H27NO4/c1-19-13-15-21(16-14-19)33-23-17-32(2,3)18-24(34)26(23)27(29(33)20-9-5-4-6-10-20)28-30(35)22-11-7-8-12-25(22)37-31(28)36/h4-16,35H,17-18H2,1-3H3. The molecule has 0 saturated heterocycles. The Kier molecular flexibility index (Phi) is 5.19. The molecule has 0 aliphatic heterocycles. The van der Waals surface area contributed by atoms with Gasteiger partial charge in [-0.15, -0.1) is 0 Å². The van der Waals surface area contributed by atoms with E-state index in [1.165, 1.54) is 0 Å². The molecule has 6 rings (SSSR count). The highest BCUT2D eigenvalue weighted by Crippen LogP contribution is 2.49. The van der Waals surface area contributed by atoms with Crippen molar-refractivity contribution in [3.05, 3.63) is 106 Å². The molecule has 0 saturated carbocycles.